The Bertz CT molecular complexity index is 1380. The molecule has 9 heteroatoms. The van der Waals surface area contributed by atoms with Crippen molar-refractivity contribution in [3.05, 3.63) is 62.9 Å². The number of aromatic nitrogens is 3. The van der Waals surface area contributed by atoms with Gasteiger partial charge < -0.3 is 14.2 Å². The highest BCUT2D eigenvalue weighted by Crippen LogP contribution is 2.29. The number of rotatable bonds is 7. The lowest BCUT2D eigenvalue weighted by Gasteiger charge is -2.10. The molecule has 0 saturated carbocycles. The number of carbonyl (C=O) groups is 1. The highest BCUT2D eigenvalue weighted by molar-refractivity contribution is 7.15. The Balaban J connectivity index is 1.67. The van der Waals surface area contributed by atoms with Crippen LogP contribution in [0.2, 0.25) is 0 Å². The fourth-order valence-corrected chi connectivity index (χ4v) is 4.00. The maximum absolute atomic E-state index is 12.9. The predicted octanol–water partition coefficient (Wildman–Crippen LogP) is 3.09. The van der Waals surface area contributed by atoms with Crippen LogP contribution in [0.4, 0.5) is 0 Å². The second kappa shape index (κ2) is 9.19. The lowest BCUT2D eigenvalue weighted by molar-refractivity contribution is -0.132. The lowest BCUT2D eigenvalue weighted by Crippen LogP contribution is -2.23. The molecule has 0 saturated heterocycles. The van der Waals surface area contributed by atoms with Crippen molar-refractivity contribution in [3.8, 4) is 28.6 Å². The van der Waals surface area contributed by atoms with E-state index < -0.39 is 5.97 Å². The highest BCUT2D eigenvalue weighted by atomic mass is 32.1. The lowest BCUT2D eigenvalue weighted by atomic mass is 10.2. The number of ether oxygens (including phenoxy) is 3. The van der Waals surface area contributed by atoms with Crippen molar-refractivity contribution in [1.29, 1.82) is 0 Å². The minimum absolute atomic E-state index is 0.253. The quantitative estimate of drug-likeness (QED) is 0.315. The molecule has 32 heavy (non-hydrogen) atoms. The summed E-state index contributed by atoms with van der Waals surface area (Å²) < 4.78 is 18.0. The first kappa shape index (κ1) is 21.5. The second-order valence-electron chi connectivity index (χ2n) is 6.74. The number of carbonyl (C=O) groups excluding carboxylic acids is 1. The Morgan fingerprint density at radius 3 is 2.47 bits per heavy atom. The molecule has 2 heterocycles. The standard InChI is InChI=1S/C23H21N3O5S/c1-4-29-17-9-7-16(8-10-17)21-24-23-26(25-21)22(28)20(32-23)13-15-6-11-18(31-14(3)27)19(12-15)30-5-2/h6-13H,4-5H2,1-3H3/b20-13-. The molecule has 0 atom stereocenters. The molecule has 0 spiro atoms. The van der Waals surface area contributed by atoms with Crippen molar-refractivity contribution >= 4 is 28.3 Å². The van der Waals surface area contributed by atoms with Gasteiger partial charge in [-0.1, -0.05) is 17.4 Å². The molecular weight excluding hydrogens is 430 g/mol. The van der Waals surface area contributed by atoms with E-state index in [0.717, 1.165) is 16.9 Å². The van der Waals surface area contributed by atoms with Crippen molar-refractivity contribution in [2.75, 3.05) is 13.2 Å². The third-order valence-corrected chi connectivity index (χ3v) is 5.38. The van der Waals surface area contributed by atoms with Gasteiger partial charge in [-0.25, -0.2) is 0 Å². The second-order valence-corrected chi connectivity index (χ2v) is 7.74. The molecule has 2 aromatic heterocycles. The van der Waals surface area contributed by atoms with Crippen LogP contribution in [0.3, 0.4) is 0 Å². The molecule has 2 aromatic carbocycles. The molecule has 0 fully saturated rings. The van der Waals surface area contributed by atoms with E-state index in [1.165, 1.54) is 22.8 Å². The maximum Gasteiger partial charge on any atom is 0.308 e. The maximum atomic E-state index is 12.9. The van der Waals surface area contributed by atoms with E-state index in [4.69, 9.17) is 14.2 Å². The average Bonchev–Trinajstić information content (AvgIpc) is 3.30. The molecule has 4 aromatic rings. The van der Waals surface area contributed by atoms with E-state index in [1.807, 2.05) is 38.1 Å². The Morgan fingerprint density at radius 1 is 1.06 bits per heavy atom. The summed E-state index contributed by atoms with van der Waals surface area (Å²) in [5.41, 5.74) is 1.28. The Hall–Kier alpha value is -3.72. The Morgan fingerprint density at radius 2 is 1.81 bits per heavy atom. The van der Waals surface area contributed by atoms with Crippen LogP contribution in [-0.2, 0) is 4.79 Å². The van der Waals surface area contributed by atoms with Gasteiger partial charge in [0.2, 0.25) is 4.96 Å². The smallest absolute Gasteiger partial charge is 0.308 e. The van der Waals surface area contributed by atoms with E-state index >= 15 is 0 Å². The Labute approximate surface area is 187 Å². The minimum Gasteiger partial charge on any atom is -0.494 e. The van der Waals surface area contributed by atoms with Crippen LogP contribution in [0.25, 0.3) is 22.4 Å². The number of thiazole rings is 1. The molecule has 8 nitrogen and oxygen atoms in total. The number of nitrogens with zero attached hydrogens (tertiary/aromatic N) is 3. The minimum atomic E-state index is -0.432. The SMILES string of the molecule is CCOc1ccc(-c2nc3s/c(=C\c4ccc(OC(C)=O)c(OCC)c4)c(=O)n3n2)cc1. The summed E-state index contributed by atoms with van der Waals surface area (Å²) in [6, 6.07) is 12.5. The largest absolute Gasteiger partial charge is 0.494 e. The van der Waals surface area contributed by atoms with Gasteiger partial charge >= 0.3 is 5.97 Å². The molecule has 0 unspecified atom stereocenters. The highest BCUT2D eigenvalue weighted by Gasteiger charge is 2.13. The summed E-state index contributed by atoms with van der Waals surface area (Å²) in [7, 11) is 0. The van der Waals surface area contributed by atoms with Crippen LogP contribution in [-0.4, -0.2) is 33.8 Å². The van der Waals surface area contributed by atoms with Gasteiger partial charge in [-0.2, -0.15) is 9.50 Å². The third-order valence-electron chi connectivity index (χ3n) is 4.42. The van der Waals surface area contributed by atoms with Crippen molar-refractivity contribution in [2.45, 2.75) is 20.8 Å². The van der Waals surface area contributed by atoms with E-state index in [2.05, 4.69) is 10.1 Å². The third kappa shape index (κ3) is 4.47. The first-order chi connectivity index (χ1) is 15.5. The summed E-state index contributed by atoms with van der Waals surface area (Å²) in [5, 5.41) is 4.37. The van der Waals surface area contributed by atoms with Crippen molar-refractivity contribution in [1.82, 2.24) is 14.6 Å². The zero-order valence-corrected chi connectivity index (χ0v) is 18.6. The zero-order valence-electron chi connectivity index (χ0n) is 17.8. The molecule has 0 aliphatic carbocycles. The summed E-state index contributed by atoms with van der Waals surface area (Å²) >= 11 is 1.25. The van der Waals surface area contributed by atoms with E-state index in [-0.39, 0.29) is 5.56 Å². The molecule has 0 aliphatic heterocycles. The van der Waals surface area contributed by atoms with Gasteiger partial charge in [0.05, 0.1) is 17.7 Å². The summed E-state index contributed by atoms with van der Waals surface area (Å²) in [5.74, 6) is 1.58. The Kier molecular flexibility index (Phi) is 6.18. The van der Waals surface area contributed by atoms with E-state index in [1.54, 1.807) is 24.3 Å². The van der Waals surface area contributed by atoms with Crippen molar-refractivity contribution in [3.63, 3.8) is 0 Å². The number of benzene rings is 2. The monoisotopic (exact) mass is 451 g/mol. The van der Waals surface area contributed by atoms with Crippen LogP contribution < -0.4 is 24.3 Å². The molecule has 0 bridgehead atoms. The van der Waals surface area contributed by atoms with E-state index in [0.29, 0.717) is 40.0 Å². The average molecular weight is 452 g/mol. The van der Waals surface area contributed by atoms with Gasteiger partial charge in [0.25, 0.3) is 5.56 Å². The van der Waals surface area contributed by atoms with Crippen LogP contribution >= 0.6 is 11.3 Å². The molecule has 0 N–H and O–H groups in total. The first-order valence-corrected chi connectivity index (χ1v) is 10.9. The van der Waals surface area contributed by atoms with Crippen LogP contribution in [0, 0.1) is 0 Å². The summed E-state index contributed by atoms with van der Waals surface area (Å²) in [6.45, 7) is 6.10. The molecule has 4 rings (SSSR count). The zero-order chi connectivity index (χ0) is 22.7. The molecular formula is C23H21N3O5S. The van der Waals surface area contributed by atoms with Gasteiger partial charge in [0, 0.05) is 12.5 Å². The van der Waals surface area contributed by atoms with Crippen LogP contribution in [0.5, 0.6) is 17.2 Å². The van der Waals surface area contributed by atoms with Crippen molar-refractivity contribution in [2.24, 2.45) is 0 Å². The fraction of sp³-hybridized carbons (Fsp3) is 0.217. The van der Waals surface area contributed by atoms with Crippen LogP contribution in [0.1, 0.15) is 26.3 Å². The normalized spacial score (nSPS) is 11.7. The molecule has 0 radical (unpaired) electrons. The number of hydrogen-bond donors (Lipinski definition) is 0. The van der Waals surface area contributed by atoms with Gasteiger partial charge in [-0.05, 0) is 61.9 Å². The van der Waals surface area contributed by atoms with Crippen molar-refractivity contribution < 1.29 is 19.0 Å². The fourth-order valence-electron chi connectivity index (χ4n) is 3.10. The van der Waals surface area contributed by atoms with Gasteiger partial charge in [0.15, 0.2) is 17.3 Å². The summed E-state index contributed by atoms with van der Waals surface area (Å²) in [6.07, 6.45) is 1.74. The van der Waals surface area contributed by atoms with E-state index in [9.17, 15) is 9.59 Å². The predicted molar refractivity (Wildman–Crippen MR) is 121 cm³/mol. The van der Waals surface area contributed by atoms with Gasteiger partial charge in [-0.3, -0.25) is 9.59 Å². The number of fused-ring (bicyclic) bond motifs is 1. The number of esters is 1. The van der Waals surface area contributed by atoms with Gasteiger partial charge in [-0.15, -0.1) is 5.10 Å². The molecule has 0 aliphatic rings. The first-order valence-electron chi connectivity index (χ1n) is 10.1. The summed E-state index contributed by atoms with van der Waals surface area (Å²) in [4.78, 5) is 29.2. The van der Waals surface area contributed by atoms with Crippen LogP contribution in [0.15, 0.2) is 47.3 Å². The van der Waals surface area contributed by atoms with Gasteiger partial charge in [0.1, 0.15) is 5.75 Å². The number of hydrogen-bond acceptors (Lipinski definition) is 8. The topological polar surface area (TPSA) is 92.0 Å². The molecule has 0 amide bonds. The molecule has 164 valence electrons.